The Balaban J connectivity index is 1.41. The van der Waals surface area contributed by atoms with E-state index < -0.39 is 0 Å². The van der Waals surface area contributed by atoms with Gasteiger partial charge in [-0.05, 0) is 71.4 Å². The van der Waals surface area contributed by atoms with E-state index in [1.807, 2.05) is 30.3 Å². The van der Waals surface area contributed by atoms with Crippen LogP contribution in [0.25, 0.3) is 15.9 Å². The van der Waals surface area contributed by atoms with Gasteiger partial charge in [0.15, 0.2) is 5.16 Å². The minimum atomic E-state index is -0.357. The summed E-state index contributed by atoms with van der Waals surface area (Å²) in [7, 11) is 0. The van der Waals surface area contributed by atoms with E-state index in [0.717, 1.165) is 40.5 Å². The number of carbonyl (C=O) groups is 1. The number of rotatable bonds is 6. The van der Waals surface area contributed by atoms with Crippen molar-refractivity contribution in [1.29, 1.82) is 0 Å². The highest BCUT2D eigenvalue weighted by Crippen LogP contribution is 2.35. The predicted molar refractivity (Wildman–Crippen MR) is 152 cm³/mol. The Kier molecular flexibility index (Phi) is 7.61. The van der Waals surface area contributed by atoms with Gasteiger partial charge in [-0.3, -0.25) is 14.2 Å². The van der Waals surface area contributed by atoms with Gasteiger partial charge in [-0.15, -0.1) is 11.3 Å². The maximum Gasteiger partial charge on any atom is 0.267 e. The van der Waals surface area contributed by atoms with E-state index in [0.29, 0.717) is 26.3 Å². The first-order valence-corrected chi connectivity index (χ1v) is 14.6. The lowest BCUT2D eigenvalue weighted by Gasteiger charge is -2.13. The minimum absolute atomic E-state index is 0.0152. The molecule has 0 fully saturated rings. The third kappa shape index (κ3) is 5.15. The van der Waals surface area contributed by atoms with Gasteiger partial charge in [-0.25, -0.2) is 10.4 Å². The highest BCUT2D eigenvalue weighted by atomic mass is 79.9. The number of fused-ring (bicyclic) bond motifs is 3. The zero-order valence-corrected chi connectivity index (χ0v) is 23.6. The molecule has 0 radical (unpaired) electrons. The standard InChI is InChI=1S/C25H20Br2N4O3S2/c26-15-10-14(22(33)18(27)11-15)12-28-30-20(32)13-35-25-29-23-21(17-8-4-5-9-19(17)36-23)24(34)31(25)16-6-2-1-3-7-16/h1-3,6-7,10-12,33H,4-5,8-9,13H2,(H,30,32). The Morgan fingerprint density at radius 3 is 2.81 bits per heavy atom. The molecule has 0 saturated heterocycles. The first kappa shape index (κ1) is 25.2. The number of amides is 1. The summed E-state index contributed by atoms with van der Waals surface area (Å²) in [5.74, 6) is -0.320. The Bertz CT molecular complexity index is 1550. The number of aromatic nitrogens is 2. The summed E-state index contributed by atoms with van der Waals surface area (Å²) in [5, 5.41) is 15.3. The van der Waals surface area contributed by atoms with Crippen molar-refractivity contribution in [3.05, 3.63) is 77.8 Å². The second-order valence-corrected chi connectivity index (χ2v) is 12.0. The Labute approximate surface area is 231 Å². The topological polar surface area (TPSA) is 96.6 Å². The van der Waals surface area contributed by atoms with Crippen LogP contribution in [0.4, 0.5) is 0 Å². The Hall–Kier alpha value is -2.47. The average molecular weight is 648 g/mol. The van der Waals surface area contributed by atoms with Crippen LogP contribution in [-0.2, 0) is 17.6 Å². The second-order valence-electron chi connectivity index (χ2n) is 8.17. The van der Waals surface area contributed by atoms with E-state index in [-0.39, 0.29) is 23.0 Å². The fraction of sp³-hybridized carbons (Fsp3) is 0.200. The van der Waals surface area contributed by atoms with Gasteiger partial charge in [0.05, 0.1) is 27.5 Å². The van der Waals surface area contributed by atoms with Gasteiger partial charge in [-0.1, -0.05) is 45.9 Å². The summed E-state index contributed by atoms with van der Waals surface area (Å²) in [5.41, 5.74) is 4.67. The third-order valence-electron chi connectivity index (χ3n) is 5.76. The average Bonchev–Trinajstić information content (AvgIpc) is 3.25. The smallest absolute Gasteiger partial charge is 0.267 e. The number of thioether (sulfide) groups is 1. The van der Waals surface area contributed by atoms with Gasteiger partial charge in [0.1, 0.15) is 10.6 Å². The molecule has 36 heavy (non-hydrogen) atoms. The molecule has 2 aromatic heterocycles. The Morgan fingerprint density at radius 2 is 2.00 bits per heavy atom. The van der Waals surface area contributed by atoms with E-state index in [1.165, 1.54) is 22.9 Å². The molecule has 0 aliphatic heterocycles. The number of benzene rings is 2. The fourth-order valence-electron chi connectivity index (χ4n) is 4.11. The van der Waals surface area contributed by atoms with Crippen LogP contribution in [0.1, 0.15) is 28.8 Å². The molecule has 1 aliphatic carbocycles. The van der Waals surface area contributed by atoms with E-state index >= 15 is 0 Å². The van der Waals surface area contributed by atoms with Gasteiger partial charge in [0, 0.05) is 14.9 Å². The number of phenolic OH excluding ortho intramolecular Hbond substituents is 1. The SMILES string of the molecule is O=C(CSc1nc2sc3c(c2c(=O)n1-c1ccccc1)CCCC3)NN=Cc1cc(Br)cc(Br)c1O. The van der Waals surface area contributed by atoms with Crippen LogP contribution < -0.4 is 11.0 Å². The number of phenols is 1. The highest BCUT2D eigenvalue weighted by molar-refractivity contribution is 9.11. The molecule has 1 amide bonds. The molecule has 4 aromatic rings. The number of para-hydroxylation sites is 1. The predicted octanol–water partition coefficient (Wildman–Crippen LogP) is 5.80. The normalized spacial score (nSPS) is 13.3. The number of hydrogen-bond acceptors (Lipinski definition) is 7. The fourth-order valence-corrected chi connectivity index (χ4v) is 7.47. The van der Waals surface area contributed by atoms with E-state index in [2.05, 4.69) is 42.4 Å². The van der Waals surface area contributed by atoms with Crippen molar-refractivity contribution in [2.75, 3.05) is 5.75 Å². The second kappa shape index (κ2) is 10.9. The number of hydrazone groups is 1. The van der Waals surface area contributed by atoms with Gasteiger partial charge in [0.2, 0.25) is 0 Å². The van der Waals surface area contributed by atoms with Gasteiger partial charge < -0.3 is 5.11 Å². The molecule has 2 aromatic carbocycles. The molecular weight excluding hydrogens is 628 g/mol. The van der Waals surface area contributed by atoms with Crippen molar-refractivity contribution >= 4 is 77.3 Å². The zero-order chi connectivity index (χ0) is 25.2. The number of thiophene rings is 1. The van der Waals surface area contributed by atoms with Crippen LogP contribution in [0.2, 0.25) is 0 Å². The molecule has 184 valence electrons. The van der Waals surface area contributed by atoms with Crippen molar-refractivity contribution in [2.24, 2.45) is 5.10 Å². The quantitative estimate of drug-likeness (QED) is 0.119. The Morgan fingerprint density at radius 1 is 1.22 bits per heavy atom. The van der Waals surface area contributed by atoms with Gasteiger partial charge >= 0.3 is 0 Å². The lowest BCUT2D eigenvalue weighted by molar-refractivity contribution is -0.118. The summed E-state index contributed by atoms with van der Waals surface area (Å²) in [4.78, 5) is 33.1. The number of carbonyl (C=O) groups excluding carboxylic acids is 1. The molecule has 0 spiro atoms. The van der Waals surface area contributed by atoms with E-state index in [1.54, 1.807) is 28.0 Å². The molecule has 2 N–H and O–H groups in total. The number of halogens is 2. The summed E-state index contributed by atoms with van der Waals surface area (Å²) in [6, 6.07) is 12.8. The molecule has 0 saturated carbocycles. The van der Waals surface area contributed by atoms with Crippen molar-refractivity contribution < 1.29 is 9.90 Å². The summed E-state index contributed by atoms with van der Waals surface area (Å²) in [6.45, 7) is 0. The minimum Gasteiger partial charge on any atom is -0.506 e. The number of hydrogen-bond donors (Lipinski definition) is 2. The monoisotopic (exact) mass is 646 g/mol. The molecular formula is C25H20Br2N4O3S2. The molecule has 5 rings (SSSR count). The largest absolute Gasteiger partial charge is 0.506 e. The molecule has 0 unspecified atom stereocenters. The van der Waals surface area contributed by atoms with E-state index in [4.69, 9.17) is 4.98 Å². The van der Waals surface area contributed by atoms with Crippen molar-refractivity contribution in [1.82, 2.24) is 15.0 Å². The summed E-state index contributed by atoms with van der Waals surface area (Å²) < 4.78 is 2.87. The van der Waals surface area contributed by atoms with Crippen LogP contribution in [0.5, 0.6) is 5.75 Å². The number of aryl methyl sites for hydroxylation is 2. The summed E-state index contributed by atoms with van der Waals surface area (Å²) in [6.07, 6.45) is 5.46. The lowest BCUT2D eigenvalue weighted by Crippen LogP contribution is -2.24. The lowest BCUT2D eigenvalue weighted by atomic mass is 9.97. The molecule has 0 atom stereocenters. The molecule has 11 heteroatoms. The first-order chi connectivity index (χ1) is 17.4. The van der Waals surface area contributed by atoms with Crippen molar-refractivity contribution in [2.45, 2.75) is 30.8 Å². The molecule has 2 heterocycles. The number of nitrogens with one attached hydrogen (secondary N) is 1. The van der Waals surface area contributed by atoms with Crippen LogP contribution in [0, 0.1) is 0 Å². The number of nitrogens with zero attached hydrogens (tertiary/aromatic N) is 3. The van der Waals surface area contributed by atoms with Crippen LogP contribution in [0.3, 0.4) is 0 Å². The van der Waals surface area contributed by atoms with Crippen LogP contribution in [0.15, 0.2) is 66.5 Å². The number of aromatic hydroxyl groups is 1. The molecule has 1 aliphatic rings. The maximum atomic E-state index is 13.7. The van der Waals surface area contributed by atoms with Crippen molar-refractivity contribution in [3.8, 4) is 11.4 Å². The molecule has 7 nitrogen and oxygen atoms in total. The third-order valence-corrected chi connectivity index (χ3v) is 8.94. The van der Waals surface area contributed by atoms with Crippen molar-refractivity contribution in [3.63, 3.8) is 0 Å². The zero-order valence-electron chi connectivity index (χ0n) is 18.8. The highest BCUT2D eigenvalue weighted by Gasteiger charge is 2.23. The first-order valence-electron chi connectivity index (χ1n) is 11.2. The van der Waals surface area contributed by atoms with Crippen LogP contribution >= 0.6 is 55.0 Å². The summed E-state index contributed by atoms with van der Waals surface area (Å²) >= 11 is 9.40. The maximum absolute atomic E-state index is 13.7. The van der Waals surface area contributed by atoms with Crippen LogP contribution in [-0.4, -0.2) is 32.5 Å². The molecule has 0 bridgehead atoms. The van der Waals surface area contributed by atoms with Gasteiger partial charge in [0.25, 0.3) is 11.5 Å². The van der Waals surface area contributed by atoms with E-state index in [9.17, 15) is 14.7 Å². The van der Waals surface area contributed by atoms with Gasteiger partial charge in [-0.2, -0.15) is 5.10 Å².